The lowest BCUT2D eigenvalue weighted by atomic mass is 10.1. The van der Waals surface area contributed by atoms with E-state index in [0.717, 1.165) is 11.4 Å². The van der Waals surface area contributed by atoms with Gasteiger partial charge in [0.05, 0.1) is 0 Å². The van der Waals surface area contributed by atoms with Gasteiger partial charge in [-0.3, -0.25) is 14.9 Å². The van der Waals surface area contributed by atoms with Crippen molar-refractivity contribution >= 4 is 11.7 Å². The van der Waals surface area contributed by atoms with Crippen LogP contribution >= 0.6 is 0 Å². The van der Waals surface area contributed by atoms with Crippen LogP contribution in [0.4, 0.5) is 5.82 Å². The van der Waals surface area contributed by atoms with Gasteiger partial charge in [0.1, 0.15) is 0 Å². The van der Waals surface area contributed by atoms with Crippen molar-refractivity contribution in [3.63, 3.8) is 0 Å². The van der Waals surface area contributed by atoms with Gasteiger partial charge in [-0.15, -0.1) is 0 Å². The Bertz CT molecular complexity index is 533. The van der Waals surface area contributed by atoms with Crippen LogP contribution in [0.5, 0.6) is 0 Å². The predicted octanol–water partition coefficient (Wildman–Crippen LogP) is 2.50. The number of carbonyl (C=O) groups is 1. The minimum Gasteiger partial charge on any atom is -0.309 e. The van der Waals surface area contributed by atoms with Crippen LogP contribution in [0.3, 0.4) is 0 Å². The van der Waals surface area contributed by atoms with Crippen molar-refractivity contribution in [3.05, 3.63) is 41.9 Å². The summed E-state index contributed by atoms with van der Waals surface area (Å²) in [6.07, 6.45) is 2.77. The molecule has 100 valence electrons. The van der Waals surface area contributed by atoms with E-state index in [2.05, 4.69) is 34.3 Å². The van der Waals surface area contributed by atoms with Crippen LogP contribution in [0.15, 0.2) is 30.5 Å². The topological polar surface area (TPSA) is 70.7 Å². The summed E-state index contributed by atoms with van der Waals surface area (Å²) < 4.78 is 0. The molecule has 1 amide bonds. The van der Waals surface area contributed by atoms with E-state index in [9.17, 15) is 4.79 Å². The van der Waals surface area contributed by atoms with Crippen LogP contribution in [0.25, 0.3) is 0 Å². The molecule has 0 fully saturated rings. The van der Waals surface area contributed by atoms with Crippen LogP contribution in [-0.4, -0.2) is 21.1 Å². The fourth-order valence-electron chi connectivity index (χ4n) is 1.69. The Morgan fingerprint density at radius 1 is 1.42 bits per heavy atom. The van der Waals surface area contributed by atoms with Gasteiger partial charge >= 0.3 is 0 Å². The van der Waals surface area contributed by atoms with Gasteiger partial charge in [-0.25, -0.2) is 0 Å². The molecule has 0 spiro atoms. The second-order valence-corrected chi connectivity index (χ2v) is 4.73. The normalized spacial score (nSPS) is 10.7. The van der Waals surface area contributed by atoms with E-state index in [1.54, 1.807) is 6.20 Å². The van der Waals surface area contributed by atoms with Gasteiger partial charge in [0.2, 0.25) is 5.91 Å². The number of pyridine rings is 1. The number of rotatable bonds is 5. The number of anilines is 1. The summed E-state index contributed by atoms with van der Waals surface area (Å²) >= 11 is 0. The van der Waals surface area contributed by atoms with Gasteiger partial charge in [0.25, 0.3) is 0 Å². The van der Waals surface area contributed by atoms with E-state index in [1.165, 1.54) is 0 Å². The summed E-state index contributed by atoms with van der Waals surface area (Å²) in [4.78, 5) is 16.0. The van der Waals surface area contributed by atoms with Crippen molar-refractivity contribution in [1.29, 1.82) is 0 Å². The highest BCUT2D eigenvalue weighted by atomic mass is 16.1. The van der Waals surface area contributed by atoms with Crippen LogP contribution < -0.4 is 5.32 Å². The summed E-state index contributed by atoms with van der Waals surface area (Å²) in [6.45, 7) is 4.14. The zero-order chi connectivity index (χ0) is 13.7. The molecule has 19 heavy (non-hydrogen) atoms. The first-order valence-electron chi connectivity index (χ1n) is 6.40. The summed E-state index contributed by atoms with van der Waals surface area (Å²) in [7, 11) is 0. The molecule has 0 atom stereocenters. The molecular formula is C14H18N4O. The van der Waals surface area contributed by atoms with Gasteiger partial charge in [-0.05, 0) is 24.5 Å². The number of nitrogens with one attached hydrogen (secondary N) is 2. The maximum absolute atomic E-state index is 11.8. The Morgan fingerprint density at radius 2 is 2.26 bits per heavy atom. The molecule has 2 aromatic heterocycles. The smallest absolute Gasteiger partial charge is 0.225 e. The zero-order valence-corrected chi connectivity index (χ0v) is 11.2. The van der Waals surface area contributed by atoms with Crippen molar-refractivity contribution in [2.75, 3.05) is 5.32 Å². The Kier molecular flexibility index (Phi) is 4.28. The minimum absolute atomic E-state index is 0.0486. The lowest BCUT2D eigenvalue weighted by Gasteiger charge is -2.01. The van der Waals surface area contributed by atoms with E-state index >= 15 is 0 Å². The average Bonchev–Trinajstić information content (AvgIpc) is 2.86. The van der Waals surface area contributed by atoms with Crippen LogP contribution in [0.2, 0.25) is 0 Å². The maximum Gasteiger partial charge on any atom is 0.225 e. The number of aromatic nitrogens is 3. The maximum atomic E-state index is 11.8. The standard InChI is InChI=1S/C14H18N4O/c1-10(2)12-9-13(18-17-12)16-14(19)7-6-11-5-3-4-8-15-11/h3-5,8-10H,6-7H2,1-2H3,(H2,16,17,18,19). The Balaban J connectivity index is 1.84. The lowest BCUT2D eigenvalue weighted by molar-refractivity contribution is -0.116. The molecule has 0 aliphatic carbocycles. The number of amides is 1. The molecule has 2 N–H and O–H groups in total. The van der Waals surface area contributed by atoms with Crippen molar-refractivity contribution in [2.24, 2.45) is 0 Å². The molecule has 0 bridgehead atoms. The Hall–Kier alpha value is -2.17. The monoisotopic (exact) mass is 258 g/mol. The van der Waals surface area contributed by atoms with E-state index < -0.39 is 0 Å². The molecule has 2 aromatic rings. The SMILES string of the molecule is CC(C)c1cc(NC(=O)CCc2ccccn2)n[nH]1. The Labute approximate surface area is 112 Å². The van der Waals surface area contributed by atoms with Gasteiger partial charge in [0, 0.05) is 30.1 Å². The highest BCUT2D eigenvalue weighted by Crippen LogP contribution is 2.14. The zero-order valence-electron chi connectivity index (χ0n) is 11.2. The lowest BCUT2D eigenvalue weighted by Crippen LogP contribution is -2.12. The molecule has 5 nitrogen and oxygen atoms in total. The first kappa shape index (κ1) is 13.3. The van der Waals surface area contributed by atoms with Gasteiger partial charge in [0.15, 0.2) is 5.82 Å². The molecule has 0 saturated carbocycles. The molecule has 0 aromatic carbocycles. The third-order valence-electron chi connectivity index (χ3n) is 2.82. The molecule has 0 unspecified atom stereocenters. The molecule has 2 heterocycles. The first-order valence-corrected chi connectivity index (χ1v) is 6.40. The highest BCUT2D eigenvalue weighted by Gasteiger charge is 2.08. The number of aryl methyl sites for hydroxylation is 1. The van der Waals surface area contributed by atoms with Crippen molar-refractivity contribution in [1.82, 2.24) is 15.2 Å². The summed E-state index contributed by atoms with van der Waals surface area (Å²) in [5, 5.41) is 9.75. The number of hydrogen-bond acceptors (Lipinski definition) is 3. The molecule has 0 saturated heterocycles. The van der Waals surface area contributed by atoms with Gasteiger partial charge < -0.3 is 5.32 Å². The van der Waals surface area contributed by atoms with Gasteiger partial charge in [-0.2, -0.15) is 5.10 Å². The van der Waals surface area contributed by atoms with E-state index in [1.807, 2.05) is 24.3 Å². The van der Waals surface area contributed by atoms with Crippen LogP contribution in [-0.2, 0) is 11.2 Å². The van der Waals surface area contributed by atoms with E-state index in [0.29, 0.717) is 24.6 Å². The van der Waals surface area contributed by atoms with Crippen LogP contribution in [0.1, 0.15) is 37.6 Å². The highest BCUT2D eigenvalue weighted by molar-refractivity contribution is 5.89. The summed E-state index contributed by atoms with van der Waals surface area (Å²) in [6, 6.07) is 7.56. The van der Waals surface area contributed by atoms with Crippen molar-refractivity contribution < 1.29 is 4.79 Å². The predicted molar refractivity (Wildman–Crippen MR) is 73.9 cm³/mol. The molecule has 0 aliphatic heterocycles. The van der Waals surface area contributed by atoms with Crippen molar-refractivity contribution in [3.8, 4) is 0 Å². The fraction of sp³-hybridized carbons (Fsp3) is 0.357. The van der Waals surface area contributed by atoms with E-state index in [4.69, 9.17) is 0 Å². The second-order valence-electron chi connectivity index (χ2n) is 4.73. The van der Waals surface area contributed by atoms with Crippen LogP contribution in [0, 0.1) is 0 Å². The fourth-order valence-corrected chi connectivity index (χ4v) is 1.69. The third kappa shape index (κ3) is 3.91. The average molecular weight is 258 g/mol. The van der Waals surface area contributed by atoms with Crippen molar-refractivity contribution in [2.45, 2.75) is 32.6 Å². The number of carbonyl (C=O) groups excluding carboxylic acids is 1. The summed E-state index contributed by atoms with van der Waals surface area (Å²) in [5.41, 5.74) is 1.93. The number of H-pyrrole nitrogens is 1. The quantitative estimate of drug-likeness (QED) is 0.865. The second kappa shape index (κ2) is 6.13. The summed E-state index contributed by atoms with van der Waals surface area (Å²) in [5.74, 6) is 0.897. The number of aromatic amines is 1. The number of nitrogens with zero attached hydrogens (tertiary/aromatic N) is 2. The molecule has 2 rings (SSSR count). The third-order valence-corrected chi connectivity index (χ3v) is 2.82. The van der Waals surface area contributed by atoms with Gasteiger partial charge in [-0.1, -0.05) is 19.9 Å². The largest absolute Gasteiger partial charge is 0.309 e. The molecule has 0 radical (unpaired) electrons. The Morgan fingerprint density at radius 3 is 2.89 bits per heavy atom. The number of hydrogen-bond donors (Lipinski definition) is 2. The molecular weight excluding hydrogens is 240 g/mol. The molecule has 5 heteroatoms. The van der Waals surface area contributed by atoms with E-state index in [-0.39, 0.29) is 5.91 Å². The first-order chi connectivity index (χ1) is 9.15. The molecule has 0 aliphatic rings. The minimum atomic E-state index is -0.0486.